The summed E-state index contributed by atoms with van der Waals surface area (Å²) in [5.74, 6) is 0. The summed E-state index contributed by atoms with van der Waals surface area (Å²) in [6, 6.07) is 0.701. The van der Waals surface area contributed by atoms with Crippen LogP contribution in [-0.2, 0) is 0 Å². The highest BCUT2D eigenvalue weighted by atomic mass is 15.3. The van der Waals surface area contributed by atoms with Crippen LogP contribution in [0.3, 0.4) is 0 Å². The molecule has 2 heteroatoms. The van der Waals surface area contributed by atoms with Crippen molar-refractivity contribution in [2.24, 2.45) is 0 Å². The maximum Gasteiger partial charge on any atom is 0.0128 e. The average Bonchev–Trinajstić information content (AvgIpc) is 2.23. The topological polar surface area (TPSA) is 6.48 Å². The minimum Gasteiger partial charge on any atom is -0.297 e. The lowest BCUT2D eigenvalue weighted by Crippen LogP contribution is -2.48. The third-order valence-electron chi connectivity index (χ3n) is 3.77. The van der Waals surface area contributed by atoms with E-state index < -0.39 is 0 Å². The Morgan fingerprint density at radius 3 is 1.81 bits per heavy atom. The van der Waals surface area contributed by atoms with Crippen molar-refractivity contribution < 1.29 is 0 Å². The summed E-state index contributed by atoms with van der Waals surface area (Å²) < 4.78 is 0. The first kappa shape index (κ1) is 14.0. The summed E-state index contributed by atoms with van der Waals surface area (Å²) in [6.07, 6.45) is 1.29. The van der Waals surface area contributed by atoms with Crippen molar-refractivity contribution in [3.63, 3.8) is 0 Å². The highest BCUT2D eigenvalue weighted by molar-refractivity contribution is 4.88. The predicted octanol–water partition coefficient (Wildman–Crippen LogP) is 2.98. The number of hydrogen-bond donors (Lipinski definition) is 0. The van der Waals surface area contributed by atoms with Crippen molar-refractivity contribution in [1.82, 2.24) is 9.80 Å². The molecule has 1 aliphatic rings. The molecule has 96 valence electrons. The Balaban J connectivity index is 2.70. The van der Waals surface area contributed by atoms with E-state index in [-0.39, 0.29) is 0 Å². The fourth-order valence-electron chi connectivity index (χ4n) is 2.73. The van der Waals surface area contributed by atoms with E-state index in [1.54, 1.807) is 0 Å². The van der Waals surface area contributed by atoms with Crippen molar-refractivity contribution in [2.45, 2.75) is 72.0 Å². The zero-order chi connectivity index (χ0) is 12.6. The summed E-state index contributed by atoms with van der Waals surface area (Å²) in [4.78, 5) is 5.27. The highest BCUT2D eigenvalue weighted by Gasteiger charge is 2.31. The Morgan fingerprint density at radius 2 is 1.38 bits per heavy atom. The van der Waals surface area contributed by atoms with Crippen molar-refractivity contribution in [3.8, 4) is 0 Å². The summed E-state index contributed by atoms with van der Waals surface area (Å²) in [5.41, 5.74) is 0.612. The molecule has 0 spiro atoms. The summed E-state index contributed by atoms with van der Waals surface area (Å²) >= 11 is 0. The van der Waals surface area contributed by atoms with Crippen molar-refractivity contribution >= 4 is 0 Å². The van der Waals surface area contributed by atoms with Gasteiger partial charge in [-0.25, -0.2) is 0 Å². The molecule has 1 unspecified atom stereocenters. The van der Waals surface area contributed by atoms with E-state index in [1.165, 1.54) is 26.1 Å². The largest absolute Gasteiger partial charge is 0.297 e. The molecule has 1 heterocycles. The summed E-state index contributed by atoms with van der Waals surface area (Å²) in [7, 11) is 0. The molecule has 16 heavy (non-hydrogen) atoms. The molecule has 2 nitrogen and oxygen atoms in total. The number of nitrogens with zero attached hydrogens (tertiary/aromatic N) is 2. The molecule has 1 saturated heterocycles. The van der Waals surface area contributed by atoms with Crippen molar-refractivity contribution in [2.75, 3.05) is 19.6 Å². The zero-order valence-corrected chi connectivity index (χ0v) is 12.3. The van der Waals surface area contributed by atoms with Gasteiger partial charge < -0.3 is 0 Å². The van der Waals surface area contributed by atoms with Gasteiger partial charge in [0.05, 0.1) is 0 Å². The smallest absolute Gasteiger partial charge is 0.0128 e. The van der Waals surface area contributed by atoms with Crippen LogP contribution in [0.25, 0.3) is 0 Å². The standard InChI is InChI=1S/C14H30N2/c1-12-8-9-15(13(2,3)4)10-11-16(12)14(5,6)7/h12H,8-11H2,1-7H3. The molecule has 1 fully saturated rings. The van der Waals surface area contributed by atoms with Gasteiger partial charge in [0, 0.05) is 36.8 Å². The van der Waals surface area contributed by atoms with Gasteiger partial charge in [-0.15, -0.1) is 0 Å². The van der Waals surface area contributed by atoms with Crippen LogP contribution in [0.4, 0.5) is 0 Å². The molecule has 0 radical (unpaired) electrons. The van der Waals surface area contributed by atoms with E-state index in [0.717, 1.165) is 0 Å². The number of hydrogen-bond acceptors (Lipinski definition) is 2. The zero-order valence-electron chi connectivity index (χ0n) is 12.3. The minimum atomic E-state index is 0.299. The lowest BCUT2D eigenvalue weighted by Gasteiger charge is -2.39. The predicted molar refractivity (Wildman–Crippen MR) is 71.9 cm³/mol. The second kappa shape index (κ2) is 4.66. The van der Waals surface area contributed by atoms with Crippen LogP contribution >= 0.6 is 0 Å². The van der Waals surface area contributed by atoms with Gasteiger partial charge in [0.2, 0.25) is 0 Å². The molecule has 0 amide bonds. The van der Waals surface area contributed by atoms with E-state index in [0.29, 0.717) is 17.1 Å². The third kappa shape index (κ3) is 3.46. The first-order valence-corrected chi connectivity index (χ1v) is 6.64. The molecular weight excluding hydrogens is 196 g/mol. The van der Waals surface area contributed by atoms with Gasteiger partial charge in [0.25, 0.3) is 0 Å². The van der Waals surface area contributed by atoms with E-state index in [4.69, 9.17) is 0 Å². The van der Waals surface area contributed by atoms with Crippen LogP contribution in [0.5, 0.6) is 0 Å². The molecule has 0 aromatic heterocycles. The second-order valence-electron chi connectivity index (χ2n) is 7.16. The van der Waals surface area contributed by atoms with Gasteiger partial charge in [-0.05, 0) is 54.9 Å². The van der Waals surface area contributed by atoms with E-state index in [2.05, 4.69) is 58.3 Å². The quantitative estimate of drug-likeness (QED) is 0.626. The first-order valence-electron chi connectivity index (χ1n) is 6.64. The van der Waals surface area contributed by atoms with E-state index >= 15 is 0 Å². The van der Waals surface area contributed by atoms with E-state index in [1.807, 2.05) is 0 Å². The Morgan fingerprint density at radius 1 is 0.812 bits per heavy atom. The molecule has 0 aromatic rings. The van der Waals surface area contributed by atoms with Crippen LogP contribution in [0.2, 0.25) is 0 Å². The Kier molecular flexibility index (Phi) is 4.07. The maximum atomic E-state index is 2.65. The van der Waals surface area contributed by atoms with Crippen molar-refractivity contribution in [1.29, 1.82) is 0 Å². The third-order valence-corrected chi connectivity index (χ3v) is 3.77. The molecular formula is C14H30N2. The molecule has 0 bridgehead atoms. The van der Waals surface area contributed by atoms with Crippen molar-refractivity contribution in [3.05, 3.63) is 0 Å². The van der Waals surface area contributed by atoms with Crippen LogP contribution in [0.15, 0.2) is 0 Å². The molecule has 0 aromatic carbocycles. The van der Waals surface area contributed by atoms with Gasteiger partial charge in [-0.3, -0.25) is 9.80 Å². The highest BCUT2D eigenvalue weighted by Crippen LogP contribution is 2.24. The minimum absolute atomic E-state index is 0.299. The van der Waals surface area contributed by atoms with Gasteiger partial charge in [0.1, 0.15) is 0 Å². The summed E-state index contributed by atoms with van der Waals surface area (Å²) in [5, 5.41) is 0. The van der Waals surface area contributed by atoms with Crippen LogP contribution in [0, 0.1) is 0 Å². The first-order chi connectivity index (χ1) is 7.12. The fourth-order valence-corrected chi connectivity index (χ4v) is 2.73. The normalized spacial score (nSPS) is 26.8. The Hall–Kier alpha value is -0.0800. The molecule has 1 aliphatic heterocycles. The SMILES string of the molecule is CC1CCN(C(C)(C)C)CCN1C(C)(C)C. The van der Waals surface area contributed by atoms with Gasteiger partial charge in [0.15, 0.2) is 0 Å². The molecule has 0 N–H and O–H groups in total. The fraction of sp³-hybridized carbons (Fsp3) is 1.00. The molecule has 0 saturated carbocycles. The number of rotatable bonds is 0. The lowest BCUT2D eigenvalue weighted by molar-refractivity contribution is 0.0895. The van der Waals surface area contributed by atoms with Crippen LogP contribution in [-0.4, -0.2) is 46.6 Å². The van der Waals surface area contributed by atoms with Gasteiger partial charge >= 0.3 is 0 Å². The second-order valence-corrected chi connectivity index (χ2v) is 7.16. The van der Waals surface area contributed by atoms with E-state index in [9.17, 15) is 0 Å². The average molecular weight is 226 g/mol. The van der Waals surface area contributed by atoms with Crippen LogP contribution in [0.1, 0.15) is 54.9 Å². The maximum absolute atomic E-state index is 2.65. The molecule has 1 rings (SSSR count). The van der Waals surface area contributed by atoms with Gasteiger partial charge in [-0.2, -0.15) is 0 Å². The summed E-state index contributed by atoms with van der Waals surface area (Å²) in [6.45, 7) is 20.0. The lowest BCUT2D eigenvalue weighted by atomic mass is 10.0. The van der Waals surface area contributed by atoms with Crippen LogP contribution < -0.4 is 0 Å². The molecule has 1 atom stereocenters. The monoisotopic (exact) mass is 226 g/mol. The van der Waals surface area contributed by atoms with Gasteiger partial charge in [-0.1, -0.05) is 0 Å². The Bertz CT molecular complexity index is 222. The Labute approximate surface area is 102 Å². The molecule has 0 aliphatic carbocycles.